The van der Waals surface area contributed by atoms with Gasteiger partial charge in [0.1, 0.15) is 24.2 Å². The first-order chi connectivity index (χ1) is 13.3. The second kappa shape index (κ2) is 10.9. The molecule has 0 bridgehead atoms. The lowest BCUT2D eigenvalue weighted by Gasteiger charge is -2.27. The van der Waals surface area contributed by atoms with Crippen molar-refractivity contribution in [3.05, 3.63) is 24.3 Å². The van der Waals surface area contributed by atoms with Crippen molar-refractivity contribution in [3.63, 3.8) is 0 Å². The maximum atomic E-state index is 12.1. The maximum absolute atomic E-state index is 12.1. The van der Waals surface area contributed by atoms with Crippen molar-refractivity contribution in [1.82, 2.24) is 15.5 Å². The number of aliphatic hydroxyl groups is 1. The monoisotopic (exact) mass is 407 g/mol. The predicted octanol–water partition coefficient (Wildman–Crippen LogP) is 0.956. The van der Waals surface area contributed by atoms with Crippen LogP contribution in [0, 0.1) is 0 Å². The topological polar surface area (TPSA) is 92.3 Å². The Labute approximate surface area is 160 Å². The van der Waals surface area contributed by atoms with Gasteiger partial charge in [-0.15, -0.1) is 13.2 Å². The second-order valence-corrected chi connectivity index (χ2v) is 6.02. The molecule has 0 aliphatic carbocycles. The first-order valence-electron chi connectivity index (χ1n) is 8.81. The summed E-state index contributed by atoms with van der Waals surface area (Å²) in [7, 11) is 0. The molecule has 1 aromatic rings. The zero-order chi connectivity index (χ0) is 20.4. The lowest BCUT2D eigenvalue weighted by Crippen LogP contribution is -2.47. The highest BCUT2D eigenvalue weighted by molar-refractivity contribution is 5.74. The van der Waals surface area contributed by atoms with E-state index < -0.39 is 12.5 Å². The minimum absolute atomic E-state index is 0.0351. The number of hydrogen-bond donors (Lipinski definition) is 3. The smallest absolute Gasteiger partial charge is 0.491 e. The van der Waals surface area contributed by atoms with E-state index >= 15 is 0 Å². The molecule has 1 heterocycles. The van der Waals surface area contributed by atoms with Crippen molar-refractivity contribution in [2.75, 3.05) is 52.5 Å². The molecule has 1 fully saturated rings. The van der Waals surface area contributed by atoms with Crippen LogP contribution in [0.15, 0.2) is 24.3 Å². The summed E-state index contributed by atoms with van der Waals surface area (Å²) in [4.78, 5) is 13.5. The van der Waals surface area contributed by atoms with Gasteiger partial charge in [-0.05, 0) is 24.3 Å². The van der Waals surface area contributed by atoms with Gasteiger partial charge in [-0.3, -0.25) is 0 Å². The van der Waals surface area contributed by atoms with Crippen LogP contribution in [0.1, 0.15) is 0 Å². The molecule has 0 unspecified atom stereocenters. The summed E-state index contributed by atoms with van der Waals surface area (Å²) < 4.78 is 50.5. The Morgan fingerprint density at radius 3 is 2.46 bits per heavy atom. The highest BCUT2D eigenvalue weighted by Crippen LogP contribution is 2.24. The fourth-order valence-corrected chi connectivity index (χ4v) is 2.39. The number of halogens is 3. The Morgan fingerprint density at radius 1 is 1.18 bits per heavy atom. The summed E-state index contributed by atoms with van der Waals surface area (Å²) in [6.07, 6.45) is -5.56. The van der Waals surface area contributed by atoms with Crippen molar-refractivity contribution in [3.8, 4) is 11.5 Å². The van der Waals surface area contributed by atoms with E-state index in [-0.39, 0.29) is 24.9 Å². The Kier molecular flexibility index (Phi) is 8.61. The molecule has 0 spiro atoms. The largest absolute Gasteiger partial charge is 0.573 e. The zero-order valence-corrected chi connectivity index (χ0v) is 15.2. The highest BCUT2D eigenvalue weighted by atomic mass is 19.4. The maximum Gasteiger partial charge on any atom is 0.573 e. The number of amides is 2. The Bertz CT molecular complexity index is 595. The quantitative estimate of drug-likeness (QED) is 0.528. The van der Waals surface area contributed by atoms with Crippen molar-refractivity contribution in [2.24, 2.45) is 0 Å². The summed E-state index contributed by atoms with van der Waals surface area (Å²) in [6.45, 7) is 3.29. The lowest BCUT2D eigenvalue weighted by molar-refractivity contribution is -0.274. The fourth-order valence-electron chi connectivity index (χ4n) is 2.39. The third kappa shape index (κ3) is 8.63. The average molecular weight is 407 g/mol. The van der Waals surface area contributed by atoms with Crippen LogP contribution in [0.3, 0.4) is 0 Å². The number of ether oxygens (including phenoxy) is 3. The van der Waals surface area contributed by atoms with E-state index in [9.17, 15) is 23.1 Å². The van der Waals surface area contributed by atoms with Crippen LogP contribution in [0.2, 0.25) is 0 Å². The molecular formula is C17H24F3N3O5. The summed E-state index contributed by atoms with van der Waals surface area (Å²) in [5, 5.41) is 15.6. The number of nitrogens with one attached hydrogen (secondary N) is 2. The molecule has 0 saturated carbocycles. The van der Waals surface area contributed by atoms with Gasteiger partial charge >= 0.3 is 12.4 Å². The second-order valence-electron chi connectivity index (χ2n) is 6.02. The molecule has 0 radical (unpaired) electrons. The molecule has 158 valence electrons. The predicted molar refractivity (Wildman–Crippen MR) is 93.3 cm³/mol. The molecule has 0 aromatic heterocycles. The number of hydrogen-bond acceptors (Lipinski definition) is 6. The molecule has 1 aromatic carbocycles. The van der Waals surface area contributed by atoms with Crippen LogP contribution in [-0.2, 0) is 4.74 Å². The van der Waals surface area contributed by atoms with Gasteiger partial charge < -0.3 is 34.9 Å². The van der Waals surface area contributed by atoms with Crippen molar-refractivity contribution in [2.45, 2.75) is 12.5 Å². The van der Waals surface area contributed by atoms with Crippen LogP contribution < -0.4 is 20.1 Å². The molecule has 1 aliphatic heterocycles. The van der Waals surface area contributed by atoms with Gasteiger partial charge in [-0.25, -0.2) is 4.79 Å². The van der Waals surface area contributed by atoms with Crippen molar-refractivity contribution < 1.29 is 37.3 Å². The highest BCUT2D eigenvalue weighted by Gasteiger charge is 2.31. The number of benzene rings is 1. The number of aliphatic hydroxyl groups excluding tert-OH is 1. The summed E-state index contributed by atoms with van der Waals surface area (Å²) in [5.74, 6) is -0.0347. The molecule has 1 saturated heterocycles. The summed E-state index contributed by atoms with van der Waals surface area (Å²) in [6, 6.07) is 4.76. The van der Waals surface area contributed by atoms with Crippen LogP contribution in [-0.4, -0.2) is 81.0 Å². The molecule has 11 heteroatoms. The Hall–Kier alpha value is -2.24. The van der Waals surface area contributed by atoms with E-state index in [0.717, 1.165) is 12.1 Å². The van der Waals surface area contributed by atoms with Gasteiger partial charge in [-0.1, -0.05) is 0 Å². The molecule has 2 rings (SSSR count). The van der Waals surface area contributed by atoms with E-state index in [4.69, 9.17) is 9.47 Å². The standard InChI is InChI=1S/C17H24F3N3O5/c18-17(19,20)28-15-3-1-14(2-4-15)27-12-13(24)11-21-5-6-22-16(25)23-7-9-26-10-8-23/h1-4,13,21,24H,5-12H2,(H,22,25)/t13-/m0/s1. The van der Waals surface area contributed by atoms with Gasteiger partial charge in [0.2, 0.25) is 0 Å². The number of carbonyl (C=O) groups excluding carboxylic acids is 1. The minimum atomic E-state index is -4.74. The lowest BCUT2D eigenvalue weighted by atomic mass is 10.3. The zero-order valence-electron chi connectivity index (χ0n) is 15.2. The van der Waals surface area contributed by atoms with Gasteiger partial charge in [0.15, 0.2) is 0 Å². The first-order valence-corrected chi connectivity index (χ1v) is 8.81. The average Bonchev–Trinajstić information content (AvgIpc) is 2.66. The van der Waals surface area contributed by atoms with Crippen LogP contribution in [0.25, 0.3) is 0 Å². The molecule has 3 N–H and O–H groups in total. The van der Waals surface area contributed by atoms with Crippen LogP contribution in [0.4, 0.5) is 18.0 Å². The molecule has 1 aliphatic rings. The number of morpholine rings is 1. The number of carbonyl (C=O) groups is 1. The van der Waals surface area contributed by atoms with E-state index in [1.807, 2.05) is 0 Å². The molecular weight excluding hydrogens is 383 g/mol. The number of nitrogens with zero attached hydrogens (tertiary/aromatic N) is 1. The Morgan fingerprint density at radius 2 is 1.82 bits per heavy atom. The molecule has 28 heavy (non-hydrogen) atoms. The summed E-state index contributed by atoms with van der Waals surface area (Å²) in [5.41, 5.74) is 0. The third-order valence-corrected chi connectivity index (χ3v) is 3.76. The van der Waals surface area contributed by atoms with E-state index in [1.54, 1.807) is 4.90 Å². The van der Waals surface area contributed by atoms with Gasteiger partial charge in [-0.2, -0.15) is 0 Å². The Balaban J connectivity index is 1.55. The minimum Gasteiger partial charge on any atom is -0.491 e. The van der Waals surface area contributed by atoms with Crippen molar-refractivity contribution in [1.29, 1.82) is 0 Å². The fraction of sp³-hybridized carbons (Fsp3) is 0.588. The van der Waals surface area contributed by atoms with Gasteiger partial charge in [0.05, 0.1) is 13.2 Å². The van der Waals surface area contributed by atoms with E-state index in [1.165, 1.54) is 12.1 Å². The SMILES string of the molecule is O=C(NCCNC[C@H](O)COc1ccc(OC(F)(F)F)cc1)N1CCOCC1. The summed E-state index contributed by atoms with van der Waals surface area (Å²) >= 11 is 0. The number of alkyl halides is 3. The normalized spacial score (nSPS) is 15.8. The number of urea groups is 1. The van der Waals surface area contributed by atoms with E-state index in [0.29, 0.717) is 45.1 Å². The van der Waals surface area contributed by atoms with Gasteiger partial charge in [0, 0.05) is 32.7 Å². The molecule has 8 nitrogen and oxygen atoms in total. The number of rotatable bonds is 9. The first kappa shape index (κ1) is 22.1. The van der Waals surface area contributed by atoms with Crippen molar-refractivity contribution >= 4 is 6.03 Å². The van der Waals surface area contributed by atoms with Crippen LogP contribution >= 0.6 is 0 Å². The molecule has 1 atom stereocenters. The third-order valence-electron chi connectivity index (χ3n) is 3.76. The van der Waals surface area contributed by atoms with Gasteiger partial charge in [0.25, 0.3) is 0 Å². The van der Waals surface area contributed by atoms with E-state index in [2.05, 4.69) is 15.4 Å². The van der Waals surface area contributed by atoms with Crippen LogP contribution in [0.5, 0.6) is 11.5 Å². The molecule has 2 amide bonds.